The molecule has 0 saturated carbocycles. The van der Waals surface area contributed by atoms with Crippen LogP contribution in [0, 0.1) is 5.92 Å². The number of aliphatic imine (C=N–C) groups is 1. The largest absolute Gasteiger partial charge is 0.385 e. The maximum Gasteiger partial charge on any atom is 0.190 e. The van der Waals surface area contributed by atoms with Crippen molar-refractivity contribution in [1.29, 1.82) is 0 Å². The Hall–Kier alpha value is -1.59. The van der Waals surface area contributed by atoms with Crippen molar-refractivity contribution in [3.63, 3.8) is 0 Å². The van der Waals surface area contributed by atoms with Gasteiger partial charge in [0.25, 0.3) is 0 Å². The van der Waals surface area contributed by atoms with Crippen LogP contribution < -0.4 is 10.6 Å². The fourth-order valence-electron chi connectivity index (χ4n) is 3.10. The van der Waals surface area contributed by atoms with Crippen LogP contribution in [0.5, 0.6) is 0 Å². The van der Waals surface area contributed by atoms with Gasteiger partial charge in [-0.3, -0.25) is 4.99 Å². The third-order valence-electron chi connectivity index (χ3n) is 4.53. The van der Waals surface area contributed by atoms with E-state index in [1.54, 1.807) is 7.11 Å². The summed E-state index contributed by atoms with van der Waals surface area (Å²) < 4.78 is 5.06. The molecular weight excluding hydrogens is 300 g/mol. The Bertz CT molecular complexity index is 478. The Labute approximate surface area is 146 Å². The summed E-state index contributed by atoms with van der Waals surface area (Å²) in [5.74, 6) is 1.60. The predicted molar refractivity (Wildman–Crippen MR) is 101 cm³/mol. The summed E-state index contributed by atoms with van der Waals surface area (Å²) >= 11 is 0. The molecule has 1 atom stereocenters. The molecule has 1 unspecified atom stereocenters. The van der Waals surface area contributed by atoms with E-state index in [1.165, 1.54) is 25.1 Å². The van der Waals surface area contributed by atoms with Gasteiger partial charge in [0.05, 0.1) is 0 Å². The highest BCUT2D eigenvalue weighted by molar-refractivity contribution is 5.79. The maximum atomic E-state index is 5.06. The van der Waals surface area contributed by atoms with Crippen LogP contribution >= 0.6 is 0 Å². The van der Waals surface area contributed by atoms with E-state index >= 15 is 0 Å². The molecule has 0 radical (unpaired) electrons. The van der Waals surface area contributed by atoms with Crippen LogP contribution in [-0.2, 0) is 11.2 Å². The number of rotatable bonds is 9. The summed E-state index contributed by atoms with van der Waals surface area (Å²) in [6.45, 7) is 6.21. The van der Waals surface area contributed by atoms with Crippen LogP contribution in [0.25, 0.3) is 0 Å². The van der Waals surface area contributed by atoms with Crippen molar-refractivity contribution in [3.8, 4) is 0 Å². The Kier molecular flexibility index (Phi) is 8.63. The summed E-state index contributed by atoms with van der Waals surface area (Å²) in [5, 5.41) is 6.79. The average molecular weight is 332 g/mol. The molecule has 0 amide bonds. The Balaban J connectivity index is 1.60. The summed E-state index contributed by atoms with van der Waals surface area (Å²) in [4.78, 5) is 6.86. The normalized spacial score (nSPS) is 18.8. The van der Waals surface area contributed by atoms with Crippen LogP contribution in [0.2, 0.25) is 0 Å². The highest BCUT2D eigenvalue weighted by atomic mass is 16.5. The molecule has 2 N–H and O–H groups in total. The van der Waals surface area contributed by atoms with E-state index in [1.807, 2.05) is 7.05 Å². The predicted octanol–water partition coefficient (Wildman–Crippen LogP) is 1.75. The molecule has 1 heterocycles. The summed E-state index contributed by atoms with van der Waals surface area (Å²) in [5.41, 5.74) is 1.43. The molecule has 0 aliphatic carbocycles. The zero-order chi connectivity index (χ0) is 17.0. The number of hydrogen-bond acceptors (Lipinski definition) is 3. The lowest BCUT2D eigenvalue weighted by molar-refractivity contribution is 0.195. The van der Waals surface area contributed by atoms with E-state index in [2.05, 4.69) is 50.9 Å². The van der Waals surface area contributed by atoms with Crippen molar-refractivity contribution in [3.05, 3.63) is 35.9 Å². The minimum Gasteiger partial charge on any atom is -0.385 e. The van der Waals surface area contributed by atoms with E-state index in [0.717, 1.165) is 45.0 Å². The second kappa shape index (κ2) is 11.0. The van der Waals surface area contributed by atoms with E-state index < -0.39 is 0 Å². The zero-order valence-corrected chi connectivity index (χ0v) is 15.1. The molecule has 1 aliphatic heterocycles. The van der Waals surface area contributed by atoms with Gasteiger partial charge in [0.2, 0.25) is 0 Å². The monoisotopic (exact) mass is 332 g/mol. The van der Waals surface area contributed by atoms with Crippen LogP contribution in [0.1, 0.15) is 18.4 Å². The van der Waals surface area contributed by atoms with Crippen LogP contribution in [0.3, 0.4) is 0 Å². The van der Waals surface area contributed by atoms with E-state index in [9.17, 15) is 0 Å². The molecule has 1 aromatic rings. The molecule has 24 heavy (non-hydrogen) atoms. The number of benzene rings is 1. The number of likely N-dealkylation sites (tertiary alicyclic amines) is 1. The van der Waals surface area contributed by atoms with Crippen molar-refractivity contribution in [2.24, 2.45) is 10.9 Å². The van der Waals surface area contributed by atoms with Crippen LogP contribution in [0.4, 0.5) is 0 Å². The topological polar surface area (TPSA) is 48.9 Å². The SMILES string of the molecule is CN=C(NCCCOC)NCC1CCN(CCc2ccccc2)C1. The number of guanidine groups is 1. The molecular formula is C19H32N4O. The lowest BCUT2D eigenvalue weighted by Gasteiger charge is -2.17. The molecule has 1 aliphatic rings. The fourth-order valence-corrected chi connectivity index (χ4v) is 3.10. The molecule has 1 aromatic carbocycles. The average Bonchev–Trinajstić information content (AvgIpc) is 3.08. The standard InChI is InChI=1S/C19H32N4O/c1-20-19(21-11-6-14-24-2)22-15-18-10-13-23(16-18)12-9-17-7-4-3-5-8-17/h3-5,7-8,18H,6,9-16H2,1-2H3,(H2,20,21,22). The quantitative estimate of drug-likeness (QED) is 0.411. The summed E-state index contributed by atoms with van der Waals surface area (Å²) in [6.07, 6.45) is 3.40. The third-order valence-corrected chi connectivity index (χ3v) is 4.53. The lowest BCUT2D eigenvalue weighted by Crippen LogP contribution is -2.40. The van der Waals surface area contributed by atoms with Gasteiger partial charge in [-0.15, -0.1) is 0 Å². The van der Waals surface area contributed by atoms with Gasteiger partial charge in [-0.1, -0.05) is 30.3 Å². The van der Waals surface area contributed by atoms with Gasteiger partial charge >= 0.3 is 0 Å². The van der Waals surface area contributed by atoms with Gasteiger partial charge < -0.3 is 20.3 Å². The van der Waals surface area contributed by atoms with Gasteiger partial charge in [-0.05, 0) is 37.3 Å². The number of hydrogen-bond donors (Lipinski definition) is 2. The summed E-state index contributed by atoms with van der Waals surface area (Å²) in [6, 6.07) is 10.8. The minimum atomic E-state index is 0.707. The van der Waals surface area contributed by atoms with Gasteiger partial charge in [-0.2, -0.15) is 0 Å². The van der Waals surface area contributed by atoms with Crippen molar-refractivity contribution in [2.75, 3.05) is 53.5 Å². The molecule has 0 bridgehead atoms. The van der Waals surface area contributed by atoms with E-state index in [4.69, 9.17) is 4.74 Å². The first kappa shape index (κ1) is 18.7. The van der Waals surface area contributed by atoms with Crippen molar-refractivity contribution >= 4 is 5.96 Å². The first-order chi connectivity index (χ1) is 11.8. The second-order valence-electron chi connectivity index (χ2n) is 6.42. The first-order valence-corrected chi connectivity index (χ1v) is 9.01. The van der Waals surface area contributed by atoms with Crippen molar-refractivity contribution in [2.45, 2.75) is 19.3 Å². The van der Waals surface area contributed by atoms with Crippen LogP contribution in [0.15, 0.2) is 35.3 Å². The Morgan fingerprint density at radius 1 is 1.29 bits per heavy atom. The number of methoxy groups -OCH3 is 1. The number of nitrogens with zero attached hydrogens (tertiary/aromatic N) is 2. The summed E-state index contributed by atoms with van der Waals surface area (Å²) in [7, 11) is 3.56. The van der Waals surface area contributed by atoms with E-state index in [0.29, 0.717) is 5.92 Å². The molecule has 1 fully saturated rings. The van der Waals surface area contributed by atoms with Gasteiger partial charge in [0.1, 0.15) is 0 Å². The van der Waals surface area contributed by atoms with E-state index in [-0.39, 0.29) is 0 Å². The molecule has 2 rings (SSSR count). The molecule has 0 aromatic heterocycles. The molecule has 134 valence electrons. The molecule has 5 heteroatoms. The molecule has 1 saturated heterocycles. The van der Waals surface area contributed by atoms with Crippen molar-refractivity contribution < 1.29 is 4.74 Å². The smallest absolute Gasteiger partial charge is 0.190 e. The minimum absolute atomic E-state index is 0.707. The lowest BCUT2D eigenvalue weighted by atomic mass is 10.1. The van der Waals surface area contributed by atoms with Crippen LogP contribution in [-0.4, -0.2) is 64.3 Å². The Morgan fingerprint density at radius 3 is 2.88 bits per heavy atom. The second-order valence-corrected chi connectivity index (χ2v) is 6.42. The van der Waals surface area contributed by atoms with Gasteiger partial charge in [0, 0.05) is 46.9 Å². The van der Waals surface area contributed by atoms with Gasteiger partial charge in [0.15, 0.2) is 5.96 Å². The highest BCUT2D eigenvalue weighted by Gasteiger charge is 2.22. The van der Waals surface area contributed by atoms with Crippen molar-refractivity contribution in [1.82, 2.24) is 15.5 Å². The molecule has 0 spiro atoms. The zero-order valence-electron chi connectivity index (χ0n) is 15.1. The number of nitrogens with one attached hydrogen (secondary N) is 2. The highest BCUT2D eigenvalue weighted by Crippen LogP contribution is 2.15. The first-order valence-electron chi connectivity index (χ1n) is 9.01. The molecule has 5 nitrogen and oxygen atoms in total. The third kappa shape index (κ3) is 6.89. The Morgan fingerprint density at radius 2 is 2.12 bits per heavy atom. The maximum absolute atomic E-state index is 5.06. The fraction of sp³-hybridized carbons (Fsp3) is 0.632. The van der Waals surface area contributed by atoms with Gasteiger partial charge in [-0.25, -0.2) is 0 Å². The number of ether oxygens (including phenoxy) is 1.